The van der Waals surface area contributed by atoms with E-state index >= 15 is 0 Å². The van der Waals surface area contributed by atoms with Crippen molar-refractivity contribution in [3.8, 4) is 11.5 Å². The maximum absolute atomic E-state index is 12.8. The average Bonchev–Trinajstić information content (AvgIpc) is 3.28. The third kappa shape index (κ3) is 4.20. The molecule has 0 saturated heterocycles. The third-order valence-electron chi connectivity index (χ3n) is 8.17. The lowest BCUT2D eigenvalue weighted by molar-refractivity contribution is 0.0724. The van der Waals surface area contributed by atoms with Gasteiger partial charge in [-0.15, -0.1) is 0 Å². The fourth-order valence-corrected chi connectivity index (χ4v) is 6.73. The summed E-state index contributed by atoms with van der Waals surface area (Å²) in [4.78, 5) is 33.7. The normalized spacial score (nSPS) is 17.3. The summed E-state index contributed by atoms with van der Waals surface area (Å²) in [6.45, 7) is 9.05. The van der Waals surface area contributed by atoms with Gasteiger partial charge in [-0.3, -0.25) is 9.97 Å². The van der Waals surface area contributed by atoms with E-state index in [0.29, 0.717) is 22.6 Å². The van der Waals surface area contributed by atoms with Crippen LogP contribution in [0.1, 0.15) is 83.5 Å². The molecule has 6 heteroatoms. The molecule has 6 rings (SSSR count). The van der Waals surface area contributed by atoms with Crippen LogP contribution in [0.2, 0.25) is 0 Å². The van der Waals surface area contributed by atoms with Crippen molar-refractivity contribution >= 4 is 11.9 Å². The Morgan fingerprint density at radius 3 is 1.46 bits per heavy atom. The first-order valence-electron chi connectivity index (χ1n) is 13.1. The Hall–Kier alpha value is -4.32. The summed E-state index contributed by atoms with van der Waals surface area (Å²) in [7, 11) is 0. The zero-order valence-electron chi connectivity index (χ0n) is 22.5. The minimum Gasteiger partial charge on any atom is -0.423 e. The quantitative estimate of drug-likeness (QED) is 0.225. The molecule has 0 fully saturated rings. The monoisotopic (exact) mass is 518 g/mol. The van der Waals surface area contributed by atoms with Gasteiger partial charge in [0.2, 0.25) is 0 Å². The predicted octanol–water partition coefficient (Wildman–Crippen LogP) is 6.56. The lowest BCUT2D eigenvalue weighted by Gasteiger charge is -2.30. The van der Waals surface area contributed by atoms with Gasteiger partial charge in [0.15, 0.2) is 0 Å². The Morgan fingerprint density at radius 2 is 1.08 bits per heavy atom. The lowest BCUT2D eigenvalue weighted by Crippen LogP contribution is -2.27. The van der Waals surface area contributed by atoms with Crippen LogP contribution in [0.3, 0.4) is 0 Å². The van der Waals surface area contributed by atoms with E-state index in [1.54, 1.807) is 36.7 Å². The van der Waals surface area contributed by atoms with Gasteiger partial charge in [-0.2, -0.15) is 0 Å². The molecular weight excluding hydrogens is 488 g/mol. The van der Waals surface area contributed by atoms with Crippen LogP contribution < -0.4 is 9.47 Å². The molecule has 0 amide bonds. The van der Waals surface area contributed by atoms with E-state index < -0.39 is 11.9 Å². The van der Waals surface area contributed by atoms with E-state index in [2.05, 4.69) is 49.8 Å². The van der Waals surface area contributed by atoms with Gasteiger partial charge in [0.25, 0.3) is 0 Å². The molecule has 0 aliphatic heterocycles. The van der Waals surface area contributed by atoms with Crippen LogP contribution in [0, 0.1) is 0 Å². The number of hydrogen-bond donors (Lipinski definition) is 0. The van der Waals surface area contributed by atoms with Crippen molar-refractivity contribution in [3.63, 3.8) is 0 Å². The molecule has 0 radical (unpaired) electrons. The van der Waals surface area contributed by atoms with Crippen LogP contribution in [-0.2, 0) is 16.2 Å². The molecule has 0 bridgehead atoms. The number of fused-ring (bicyclic) bond motifs is 4. The molecular formula is C33H30N2O4. The highest BCUT2D eigenvalue weighted by Crippen LogP contribution is 2.63. The van der Waals surface area contributed by atoms with E-state index in [4.69, 9.17) is 9.47 Å². The van der Waals surface area contributed by atoms with Gasteiger partial charge in [-0.25, -0.2) is 9.59 Å². The second-order valence-corrected chi connectivity index (χ2v) is 11.9. The van der Waals surface area contributed by atoms with Crippen LogP contribution >= 0.6 is 0 Å². The fraction of sp³-hybridized carbons (Fsp3) is 0.273. The topological polar surface area (TPSA) is 78.4 Å². The summed E-state index contributed by atoms with van der Waals surface area (Å²) in [5, 5.41) is 0. The minimum atomic E-state index is -0.439. The average molecular weight is 519 g/mol. The third-order valence-corrected chi connectivity index (χ3v) is 8.17. The number of esters is 2. The first kappa shape index (κ1) is 25.0. The van der Waals surface area contributed by atoms with Crippen molar-refractivity contribution in [3.05, 3.63) is 119 Å². The van der Waals surface area contributed by atoms with Crippen molar-refractivity contribution < 1.29 is 19.1 Å². The standard InChI is InChI=1S/C33H30N2O4/c1-31(2)19-33(27-15-23(9-11-25(27)31)38-29(36)21-7-5-13-34-17-21)20-32(3,4)26-12-10-24(16-28(26)33)39-30(37)22-8-6-14-35-18-22/h5-18H,19-20H2,1-4H3. The second kappa shape index (κ2) is 8.87. The van der Waals surface area contributed by atoms with E-state index in [-0.39, 0.29) is 16.2 Å². The largest absolute Gasteiger partial charge is 0.423 e. The van der Waals surface area contributed by atoms with Crippen molar-refractivity contribution in [2.45, 2.75) is 56.8 Å². The van der Waals surface area contributed by atoms with Gasteiger partial charge >= 0.3 is 11.9 Å². The highest BCUT2D eigenvalue weighted by atomic mass is 16.5. The summed E-state index contributed by atoms with van der Waals surface area (Å²) >= 11 is 0. The van der Waals surface area contributed by atoms with E-state index in [1.165, 1.54) is 23.5 Å². The van der Waals surface area contributed by atoms with Gasteiger partial charge in [0, 0.05) is 30.2 Å². The first-order valence-corrected chi connectivity index (χ1v) is 13.1. The maximum Gasteiger partial charge on any atom is 0.345 e. The van der Waals surface area contributed by atoms with Crippen molar-refractivity contribution in [2.75, 3.05) is 0 Å². The van der Waals surface area contributed by atoms with Crippen LogP contribution in [0.25, 0.3) is 0 Å². The molecule has 4 aromatic rings. The highest BCUT2D eigenvalue weighted by Gasteiger charge is 2.56. The van der Waals surface area contributed by atoms with Gasteiger partial charge in [-0.05, 0) is 94.5 Å². The predicted molar refractivity (Wildman–Crippen MR) is 147 cm³/mol. The van der Waals surface area contributed by atoms with Crippen molar-refractivity contribution in [2.24, 2.45) is 0 Å². The maximum atomic E-state index is 12.8. The first-order chi connectivity index (χ1) is 18.6. The Labute approximate surface area is 228 Å². The number of carbonyl (C=O) groups excluding carboxylic acids is 2. The molecule has 2 aliphatic carbocycles. The molecule has 1 spiro atoms. The lowest BCUT2D eigenvalue weighted by atomic mass is 9.72. The Kier molecular flexibility index (Phi) is 5.68. The zero-order valence-corrected chi connectivity index (χ0v) is 22.5. The number of benzene rings is 2. The van der Waals surface area contributed by atoms with E-state index in [1.807, 2.05) is 24.3 Å². The summed E-state index contributed by atoms with van der Waals surface area (Å²) in [6, 6.07) is 18.8. The molecule has 2 aromatic carbocycles. The Bertz CT molecular complexity index is 1470. The van der Waals surface area contributed by atoms with Crippen molar-refractivity contribution in [1.29, 1.82) is 0 Å². The van der Waals surface area contributed by atoms with Crippen LogP contribution in [0.4, 0.5) is 0 Å². The number of aromatic nitrogens is 2. The number of pyridine rings is 2. The Morgan fingerprint density at radius 1 is 0.641 bits per heavy atom. The van der Waals surface area contributed by atoms with E-state index in [9.17, 15) is 9.59 Å². The zero-order chi connectivity index (χ0) is 27.4. The van der Waals surface area contributed by atoms with E-state index in [0.717, 1.165) is 24.0 Å². The van der Waals surface area contributed by atoms with Crippen LogP contribution in [0.5, 0.6) is 11.5 Å². The fourth-order valence-electron chi connectivity index (χ4n) is 6.73. The minimum absolute atomic E-state index is 0.0959. The highest BCUT2D eigenvalue weighted by molar-refractivity contribution is 5.91. The molecule has 0 saturated carbocycles. The molecule has 2 aromatic heterocycles. The number of hydrogen-bond acceptors (Lipinski definition) is 6. The molecule has 39 heavy (non-hydrogen) atoms. The molecule has 2 aliphatic rings. The summed E-state index contributed by atoms with van der Waals surface area (Å²) in [6.07, 6.45) is 8.05. The van der Waals surface area contributed by atoms with Crippen LogP contribution in [0.15, 0.2) is 85.5 Å². The number of nitrogens with zero attached hydrogens (tertiary/aromatic N) is 2. The number of ether oxygens (including phenoxy) is 2. The van der Waals surface area contributed by atoms with Gasteiger partial charge in [0.1, 0.15) is 11.5 Å². The van der Waals surface area contributed by atoms with Gasteiger partial charge in [0.05, 0.1) is 11.1 Å². The van der Waals surface area contributed by atoms with Crippen molar-refractivity contribution in [1.82, 2.24) is 9.97 Å². The number of rotatable bonds is 4. The summed E-state index contributed by atoms with van der Waals surface area (Å²) in [5.74, 6) is 0.132. The molecule has 0 N–H and O–H groups in total. The SMILES string of the molecule is CC1(C)CC2(CC(C)(C)c3ccc(OC(=O)c4cccnc4)cc32)c2cc(OC(=O)c3cccnc3)ccc21. The number of carbonyl (C=O) groups is 2. The smallest absolute Gasteiger partial charge is 0.345 e. The molecule has 6 nitrogen and oxygen atoms in total. The summed E-state index contributed by atoms with van der Waals surface area (Å²) in [5.41, 5.74) is 5.10. The van der Waals surface area contributed by atoms with Gasteiger partial charge in [-0.1, -0.05) is 39.8 Å². The summed E-state index contributed by atoms with van der Waals surface area (Å²) < 4.78 is 11.6. The van der Waals surface area contributed by atoms with Crippen LogP contribution in [-0.4, -0.2) is 21.9 Å². The molecule has 0 unspecified atom stereocenters. The molecule has 2 heterocycles. The van der Waals surface area contributed by atoms with Gasteiger partial charge < -0.3 is 9.47 Å². The molecule has 196 valence electrons. The Balaban J connectivity index is 1.41. The second-order valence-electron chi connectivity index (χ2n) is 11.9. The molecule has 0 atom stereocenters.